The van der Waals surface area contributed by atoms with Crippen LogP contribution >= 0.6 is 0 Å². The average molecular weight is 423 g/mol. The van der Waals surface area contributed by atoms with E-state index in [9.17, 15) is 13.2 Å². The highest BCUT2D eigenvalue weighted by Gasteiger charge is 2.24. The fourth-order valence-corrected chi connectivity index (χ4v) is 4.94. The van der Waals surface area contributed by atoms with Crippen LogP contribution in [0.4, 0.5) is 11.4 Å². The zero-order valence-electron chi connectivity index (χ0n) is 16.8. The Morgan fingerprint density at radius 1 is 1.00 bits per heavy atom. The molecule has 1 N–H and O–H groups in total. The van der Waals surface area contributed by atoms with Gasteiger partial charge in [0.2, 0.25) is 5.91 Å². The molecule has 3 aromatic carbocycles. The normalized spacial score (nSPS) is 13.1. The highest BCUT2D eigenvalue weighted by molar-refractivity contribution is 7.92. The molecule has 0 saturated carbocycles. The summed E-state index contributed by atoms with van der Waals surface area (Å²) < 4.78 is 34.3. The molecule has 1 aliphatic rings. The van der Waals surface area contributed by atoms with E-state index < -0.39 is 10.0 Å². The largest absolute Gasteiger partial charge is 0.495 e. The van der Waals surface area contributed by atoms with Crippen molar-refractivity contribution in [3.8, 4) is 16.9 Å². The molecule has 7 heteroatoms. The molecular weight excluding hydrogens is 400 g/mol. The number of hydrogen-bond acceptors (Lipinski definition) is 4. The van der Waals surface area contributed by atoms with E-state index in [1.54, 1.807) is 35.2 Å². The van der Waals surface area contributed by atoms with E-state index in [0.29, 0.717) is 18.7 Å². The van der Waals surface area contributed by atoms with Crippen LogP contribution < -0.4 is 14.4 Å². The van der Waals surface area contributed by atoms with Crippen molar-refractivity contribution < 1.29 is 17.9 Å². The molecular formula is C23H22N2O4S. The van der Waals surface area contributed by atoms with Crippen molar-refractivity contribution in [1.82, 2.24) is 0 Å². The van der Waals surface area contributed by atoms with Gasteiger partial charge in [0.15, 0.2) is 0 Å². The predicted molar refractivity (Wildman–Crippen MR) is 117 cm³/mol. The van der Waals surface area contributed by atoms with Crippen molar-refractivity contribution in [1.29, 1.82) is 0 Å². The first-order valence-electron chi connectivity index (χ1n) is 9.56. The number of anilines is 2. The van der Waals surface area contributed by atoms with Gasteiger partial charge in [-0.3, -0.25) is 9.52 Å². The van der Waals surface area contributed by atoms with Crippen molar-refractivity contribution in [2.75, 3.05) is 23.3 Å². The lowest BCUT2D eigenvalue weighted by Crippen LogP contribution is -2.25. The van der Waals surface area contributed by atoms with Gasteiger partial charge in [-0.1, -0.05) is 36.4 Å². The molecule has 0 fully saturated rings. The number of nitrogens with zero attached hydrogens (tertiary/aromatic N) is 1. The Morgan fingerprint density at radius 2 is 1.77 bits per heavy atom. The molecule has 0 radical (unpaired) electrons. The second kappa shape index (κ2) is 7.84. The van der Waals surface area contributed by atoms with Crippen LogP contribution in [0.1, 0.15) is 12.5 Å². The number of nitrogens with one attached hydrogen (secondary N) is 1. The summed E-state index contributed by atoms with van der Waals surface area (Å²) in [6.07, 6.45) is 0.692. The number of benzene rings is 3. The zero-order valence-corrected chi connectivity index (χ0v) is 17.6. The number of methoxy groups -OCH3 is 1. The molecule has 0 aliphatic carbocycles. The van der Waals surface area contributed by atoms with Crippen LogP contribution in [0.2, 0.25) is 0 Å². The van der Waals surface area contributed by atoms with Crippen molar-refractivity contribution in [2.45, 2.75) is 18.2 Å². The lowest BCUT2D eigenvalue weighted by molar-refractivity contribution is -0.116. The van der Waals surface area contributed by atoms with Gasteiger partial charge in [-0.15, -0.1) is 0 Å². The summed E-state index contributed by atoms with van der Waals surface area (Å²) in [5, 5.41) is 0. The van der Waals surface area contributed by atoms with Gasteiger partial charge in [0.05, 0.1) is 7.11 Å². The molecule has 0 aromatic heterocycles. The monoisotopic (exact) mass is 422 g/mol. The molecule has 0 saturated heterocycles. The molecule has 1 heterocycles. The van der Waals surface area contributed by atoms with Crippen LogP contribution in [0.15, 0.2) is 71.6 Å². The minimum atomic E-state index is -3.89. The van der Waals surface area contributed by atoms with Gasteiger partial charge in [-0.2, -0.15) is 0 Å². The molecule has 4 rings (SSSR count). The van der Waals surface area contributed by atoms with Crippen LogP contribution in [0, 0.1) is 0 Å². The fraction of sp³-hybridized carbons (Fsp3) is 0.174. The Balaban J connectivity index is 1.68. The third kappa shape index (κ3) is 3.76. The van der Waals surface area contributed by atoms with Crippen LogP contribution in [0.3, 0.4) is 0 Å². The van der Waals surface area contributed by atoms with E-state index in [1.165, 1.54) is 14.0 Å². The van der Waals surface area contributed by atoms with Gasteiger partial charge in [0.1, 0.15) is 10.6 Å². The van der Waals surface area contributed by atoms with E-state index in [-0.39, 0.29) is 16.6 Å². The van der Waals surface area contributed by atoms with Gasteiger partial charge in [-0.25, -0.2) is 8.42 Å². The molecule has 1 amide bonds. The van der Waals surface area contributed by atoms with E-state index in [4.69, 9.17) is 4.74 Å². The molecule has 1 aliphatic heterocycles. The topological polar surface area (TPSA) is 75.7 Å². The lowest BCUT2D eigenvalue weighted by Gasteiger charge is -2.16. The van der Waals surface area contributed by atoms with Crippen LogP contribution in [-0.2, 0) is 21.2 Å². The Bertz CT molecular complexity index is 1210. The summed E-state index contributed by atoms with van der Waals surface area (Å²) in [5.74, 6) is 0.246. The lowest BCUT2D eigenvalue weighted by atomic mass is 10.1. The smallest absolute Gasteiger partial charge is 0.265 e. The van der Waals surface area contributed by atoms with Crippen LogP contribution in [0.25, 0.3) is 11.1 Å². The number of rotatable bonds is 5. The van der Waals surface area contributed by atoms with Crippen molar-refractivity contribution in [3.63, 3.8) is 0 Å². The molecule has 3 aromatic rings. The first kappa shape index (κ1) is 20.0. The van der Waals surface area contributed by atoms with Crippen LogP contribution in [-0.4, -0.2) is 28.0 Å². The minimum Gasteiger partial charge on any atom is -0.495 e. The van der Waals surface area contributed by atoms with Gasteiger partial charge in [-0.05, 0) is 53.4 Å². The molecule has 0 bridgehead atoms. The van der Waals surface area contributed by atoms with Gasteiger partial charge in [0.25, 0.3) is 10.0 Å². The SMILES string of the molecule is COc1ccc(-c2ccccc2)cc1S(=O)(=O)Nc1ccc2c(c1)CCN2C(C)=O. The summed E-state index contributed by atoms with van der Waals surface area (Å²) in [6, 6.07) is 19.9. The molecule has 0 spiro atoms. The summed E-state index contributed by atoms with van der Waals surface area (Å²) in [7, 11) is -2.44. The number of carbonyl (C=O) groups excluding carboxylic acids is 1. The Morgan fingerprint density at radius 3 is 2.47 bits per heavy atom. The summed E-state index contributed by atoms with van der Waals surface area (Å²) in [5.41, 5.74) is 3.91. The minimum absolute atomic E-state index is 0.0236. The third-order valence-corrected chi connectivity index (χ3v) is 6.57. The van der Waals surface area contributed by atoms with Crippen molar-refractivity contribution in [3.05, 3.63) is 72.3 Å². The second-order valence-electron chi connectivity index (χ2n) is 7.10. The van der Waals surface area contributed by atoms with Gasteiger partial charge >= 0.3 is 0 Å². The zero-order chi connectivity index (χ0) is 21.3. The predicted octanol–water partition coefficient (Wildman–Crippen LogP) is 4.07. The standard InChI is InChI=1S/C23H22N2O4S/c1-16(26)25-13-12-19-14-20(9-10-21(19)25)24-30(27,28)23-15-18(8-11-22(23)29-2)17-6-4-3-5-7-17/h3-11,14-15,24H,12-13H2,1-2H3. The number of amides is 1. The summed E-state index contributed by atoms with van der Waals surface area (Å²) in [6.45, 7) is 2.13. The summed E-state index contributed by atoms with van der Waals surface area (Å²) >= 11 is 0. The van der Waals surface area contributed by atoms with Gasteiger partial charge in [0, 0.05) is 24.8 Å². The number of sulfonamides is 1. The second-order valence-corrected chi connectivity index (χ2v) is 8.75. The molecule has 30 heavy (non-hydrogen) atoms. The fourth-order valence-electron chi connectivity index (χ4n) is 3.70. The van der Waals surface area contributed by atoms with Crippen molar-refractivity contribution in [2.24, 2.45) is 0 Å². The first-order valence-corrected chi connectivity index (χ1v) is 11.0. The Kier molecular flexibility index (Phi) is 5.22. The van der Waals surface area contributed by atoms with E-state index in [0.717, 1.165) is 22.4 Å². The Labute approximate surface area is 176 Å². The van der Waals surface area contributed by atoms with Crippen molar-refractivity contribution >= 4 is 27.3 Å². The van der Waals surface area contributed by atoms with E-state index in [2.05, 4.69) is 4.72 Å². The maximum absolute atomic E-state index is 13.2. The molecule has 6 nitrogen and oxygen atoms in total. The number of carbonyl (C=O) groups is 1. The van der Waals surface area contributed by atoms with Crippen LogP contribution in [0.5, 0.6) is 5.75 Å². The highest BCUT2D eigenvalue weighted by Crippen LogP contribution is 2.34. The third-order valence-electron chi connectivity index (χ3n) is 5.17. The number of ether oxygens (including phenoxy) is 1. The molecule has 0 unspecified atom stereocenters. The quantitative estimate of drug-likeness (QED) is 0.672. The summed E-state index contributed by atoms with van der Waals surface area (Å²) in [4.78, 5) is 13.5. The number of hydrogen-bond donors (Lipinski definition) is 1. The molecule has 154 valence electrons. The number of fused-ring (bicyclic) bond motifs is 1. The highest BCUT2D eigenvalue weighted by atomic mass is 32.2. The van der Waals surface area contributed by atoms with E-state index >= 15 is 0 Å². The van der Waals surface area contributed by atoms with Gasteiger partial charge < -0.3 is 9.64 Å². The van der Waals surface area contributed by atoms with E-state index in [1.807, 2.05) is 36.4 Å². The first-order chi connectivity index (χ1) is 14.4. The molecule has 0 atom stereocenters. The maximum atomic E-state index is 13.2. The maximum Gasteiger partial charge on any atom is 0.265 e. The average Bonchev–Trinajstić information content (AvgIpc) is 3.17. The Hall–Kier alpha value is -3.32.